The fourth-order valence-corrected chi connectivity index (χ4v) is 5.54. The average molecular weight is 390 g/mol. The van der Waals surface area contributed by atoms with Crippen LogP contribution in [-0.4, -0.2) is 30.6 Å². The third-order valence-corrected chi connectivity index (χ3v) is 6.98. The van der Waals surface area contributed by atoms with E-state index in [9.17, 15) is 4.79 Å². The molecule has 0 aromatic heterocycles. The molecule has 1 fully saturated rings. The first kappa shape index (κ1) is 19.0. The number of rotatable bonds is 7. The lowest BCUT2D eigenvalue weighted by atomic mass is 10.1. The minimum Gasteiger partial charge on any atom is -0.494 e. The van der Waals surface area contributed by atoms with Gasteiger partial charge in [0.15, 0.2) is 0 Å². The van der Waals surface area contributed by atoms with Crippen LogP contribution in [0.5, 0.6) is 11.5 Å². The highest BCUT2D eigenvalue weighted by Crippen LogP contribution is 2.45. The fraction of sp³-hybridized carbons (Fsp3) is 0.350. The summed E-state index contributed by atoms with van der Waals surface area (Å²) in [4.78, 5) is 12.7. The van der Waals surface area contributed by atoms with Gasteiger partial charge in [-0.3, -0.25) is 4.79 Å². The summed E-state index contributed by atoms with van der Waals surface area (Å²) in [5.74, 6) is 3.57. The van der Waals surface area contributed by atoms with Crippen LogP contribution in [0, 0.1) is 0 Å². The monoisotopic (exact) mass is 389 g/mol. The maximum absolute atomic E-state index is 12.7. The summed E-state index contributed by atoms with van der Waals surface area (Å²) in [6, 6.07) is 13.3. The first-order valence-electron chi connectivity index (χ1n) is 8.75. The van der Waals surface area contributed by atoms with Crippen molar-refractivity contribution < 1.29 is 14.3 Å². The van der Waals surface area contributed by atoms with Gasteiger partial charge in [-0.2, -0.15) is 0 Å². The smallest absolute Gasteiger partial charge is 0.255 e. The zero-order chi connectivity index (χ0) is 18.4. The number of carbonyl (C=O) groups excluding carboxylic acids is 1. The van der Waals surface area contributed by atoms with Gasteiger partial charge in [0.25, 0.3) is 5.91 Å². The molecule has 1 aliphatic rings. The van der Waals surface area contributed by atoms with Gasteiger partial charge in [-0.25, -0.2) is 0 Å². The van der Waals surface area contributed by atoms with E-state index in [2.05, 4.69) is 5.32 Å². The molecule has 1 N–H and O–H groups in total. The molecule has 138 valence electrons. The first-order valence-corrected chi connectivity index (χ1v) is 10.8. The van der Waals surface area contributed by atoms with E-state index in [1.54, 1.807) is 6.07 Å². The van der Waals surface area contributed by atoms with E-state index < -0.39 is 0 Å². The Labute approximate surface area is 163 Å². The maximum Gasteiger partial charge on any atom is 0.255 e. The number of anilines is 1. The standard InChI is InChI=1S/C20H23NO3S2/c1-3-23-16-9-10-18(24-4-2)17(13-16)21-19(22)14-5-7-15(8-6-14)20-25-11-12-26-20/h5-10,13,20H,3-4,11-12H2,1-2H3,(H,21,22). The van der Waals surface area contributed by atoms with Crippen LogP contribution in [0.2, 0.25) is 0 Å². The molecule has 0 aliphatic carbocycles. The number of amides is 1. The molecule has 0 unspecified atom stereocenters. The van der Waals surface area contributed by atoms with Crippen molar-refractivity contribution in [3.05, 3.63) is 53.6 Å². The van der Waals surface area contributed by atoms with E-state index in [-0.39, 0.29) is 5.91 Å². The maximum atomic E-state index is 12.7. The molecule has 2 aromatic carbocycles. The number of thioether (sulfide) groups is 2. The molecule has 4 nitrogen and oxygen atoms in total. The zero-order valence-electron chi connectivity index (χ0n) is 15.0. The van der Waals surface area contributed by atoms with E-state index in [0.717, 1.165) is 0 Å². The highest BCUT2D eigenvalue weighted by atomic mass is 32.2. The molecule has 2 aromatic rings. The molecule has 6 heteroatoms. The number of hydrogen-bond acceptors (Lipinski definition) is 5. The third kappa shape index (κ3) is 4.68. The summed E-state index contributed by atoms with van der Waals surface area (Å²) < 4.78 is 11.6. The predicted octanol–water partition coefficient (Wildman–Crippen LogP) is 5.21. The van der Waals surface area contributed by atoms with Crippen LogP contribution in [0.3, 0.4) is 0 Å². The van der Waals surface area contributed by atoms with Gasteiger partial charge in [0.05, 0.1) is 23.5 Å². The second-order valence-electron chi connectivity index (χ2n) is 5.67. The van der Waals surface area contributed by atoms with Crippen LogP contribution in [0.15, 0.2) is 42.5 Å². The number of benzene rings is 2. The van der Waals surface area contributed by atoms with Crippen LogP contribution in [-0.2, 0) is 0 Å². The van der Waals surface area contributed by atoms with Crippen molar-refractivity contribution in [1.82, 2.24) is 0 Å². The second-order valence-corrected chi connectivity index (χ2v) is 8.40. The first-order chi connectivity index (χ1) is 12.7. The minimum absolute atomic E-state index is 0.155. The molecular formula is C20H23NO3S2. The highest BCUT2D eigenvalue weighted by Gasteiger charge is 2.18. The fourth-order valence-electron chi connectivity index (χ4n) is 2.68. The van der Waals surface area contributed by atoms with Crippen LogP contribution in [0.4, 0.5) is 5.69 Å². The van der Waals surface area contributed by atoms with Crippen molar-refractivity contribution >= 4 is 35.1 Å². The van der Waals surface area contributed by atoms with Gasteiger partial charge in [0.1, 0.15) is 11.5 Å². The molecule has 1 aliphatic heterocycles. The Morgan fingerprint density at radius 1 is 1.04 bits per heavy atom. The number of hydrogen-bond donors (Lipinski definition) is 1. The topological polar surface area (TPSA) is 47.6 Å². The normalized spacial score (nSPS) is 14.2. The molecule has 1 heterocycles. The molecule has 0 bridgehead atoms. The van der Waals surface area contributed by atoms with Crippen LogP contribution in [0.25, 0.3) is 0 Å². The Morgan fingerprint density at radius 3 is 2.38 bits per heavy atom. The Hall–Kier alpha value is -1.79. The van der Waals surface area contributed by atoms with E-state index in [4.69, 9.17) is 9.47 Å². The number of ether oxygens (including phenoxy) is 2. The number of nitrogens with one attached hydrogen (secondary N) is 1. The van der Waals surface area contributed by atoms with Crippen molar-refractivity contribution in [3.63, 3.8) is 0 Å². The summed E-state index contributed by atoms with van der Waals surface area (Å²) in [5.41, 5.74) is 2.52. The summed E-state index contributed by atoms with van der Waals surface area (Å²) in [7, 11) is 0. The van der Waals surface area contributed by atoms with E-state index in [1.165, 1.54) is 17.1 Å². The van der Waals surface area contributed by atoms with E-state index in [0.29, 0.717) is 40.5 Å². The van der Waals surface area contributed by atoms with Gasteiger partial charge in [0.2, 0.25) is 0 Å². The third-order valence-electron chi connectivity index (χ3n) is 3.88. The molecule has 26 heavy (non-hydrogen) atoms. The zero-order valence-corrected chi connectivity index (χ0v) is 16.6. The molecular weight excluding hydrogens is 366 g/mol. The SMILES string of the molecule is CCOc1ccc(OCC)c(NC(=O)c2ccc(C3SCCS3)cc2)c1. The molecule has 0 saturated carbocycles. The van der Waals surface area contributed by atoms with Crippen molar-refractivity contribution in [3.8, 4) is 11.5 Å². The molecule has 0 spiro atoms. The van der Waals surface area contributed by atoms with Gasteiger partial charge in [-0.15, -0.1) is 23.5 Å². The average Bonchev–Trinajstić information content (AvgIpc) is 3.19. The molecule has 0 radical (unpaired) electrons. The van der Waals surface area contributed by atoms with Crippen molar-refractivity contribution in [2.24, 2.45) is 0 Å². The van der Waals surface area contributed by atoms with Gasteiger partial charge in [-0.1, -0.05) is 12.1 Å². The van der Waals surface area contributed by atoms with Gasteiger partial charge in [0, 0.05) is 23.1 Å². The lowest BCUT2D eigenvalue weighted by Gasteiger charge is -2.14. The lowest BCUT2D eigenvalue weighted by Crippen LogP contribution is -2.13. The second kappa shape index (κ2) is 9.24. The molecule has 3 rings (SSSR count). The minimum atomic E-state index is -0.155. The Balaban J connectivity index is 1.74. The van der Waals surface area contributed by atoms with Crippen molar-refractivity contribution in [2.75, 3.05) is 30.0 Å². The summed E-state index contributed by atoms with van der Waals surface area (Å²) in [5, 5.41) is 2.95. The molecule has 1 amide bonds. The molecule has 0 atom stereocenters. The number of carbonyl (C=O) groups is 1. The largest absolute Gasteiger partial charge is 0.494 e. The summed E-state index contributed by atoms with van der Waals surface area (Å²) >= 11 is 3.92. The van der Waals surface area contributed by atoms with Gasteiger partial charge < -0.3 is 14.8 Å². The van der Waals surface area contributed by atoms with Crippen LogP contribution < -0.4 is 14.8 Å². The Kier molecular flexibility index (Phi) is 6.74. The van der Waals surface area contributed by atoms with Gasteiger partial charge in [-0.05, 0) is 43.7 Å². The summed E-state index contributed by atoms with van der Waals surface area (Å²) in [6.45, 7) is 4.94. The predicted molar refractivity (Wildman–Crippen MR) is 111 cm³/mol. The quantitative estimate of drug-likeness (QED) is 0.704. The van der Waals surface area contributed by atoms with E-state index >= 15 is 0 Å². The molecule has 1 saturated heterocycles. The summed E-state index contributed by atoms with van der Waals surface area (Å²) in [6.07, 6.45) is 0. The Bertz CT molecular complexity index is 743. The van der Waals surface area contributed by atoms with Crippen LogP contribution >= 0.6 is 23.5 Å². The lowest BCUT2D eigenvalue weighted by molar-refractivity contribution is 0.102. The van der Waals surface area contributed by atoms with Gasteiger partial charge >= 0.3 is 0 Å². The van der Waals surface area contributed by atoms with Crippen molar-refractivity contribution in [2.45, 2.75) is 18.4 Å². The van der Waals surface area contributed by atoms with E-state index in [1.807, 2.05) is 73.8 Å². The van der Waals surface area contributed by atoms with Crippen LogP contribution in [0.1, 0.15) is 34.4 Å². The Morgan fingerprint density at radius 2 is 1.73 bits per heavy atom. The van der Waals surface area contributed by atoms with Crippen molar-refractivity contribution in [1.29, 1.82) is 0 Å². The highest BCUT2D eigenvalue weighted by molar-refractivity contribution is 8.19.